The Kier molecular flexibility index (Phi) is 6.07. The van der Waals surface area contributed by atoms with Crippen LogP contribution in [0.15, 0.2) is 12.1 Å². The molecule has 1 aliphatic heterocycles. The van der Waals surface area contributed by atoms with Crippen LogP contribution < -0.4 is 9.47 Å². The number of hydrogen-bond acceptors (Lipinski definition) is 5. The molecule has 2 rings (SSSR count). The van der Waals surface area contributed by atoms with E-state index >= 15 is 0 Å². The zero-order chi connectivity index (χ0) is 17.9. The fraction of sp³-hybridized carbons (Fsp3) is 0.611. The predicted molar refractivity (Wildman–Crippen MR) is 93.1 cm³/mol. The van der Waals surface area contributed by atoms with Crippen molar-refractivity contribution in [2.45, 2.75) is 39.4 Å². The lowest BCUT2D eigenvalue weighted by atomic mass is 10.0. The summed E-state index contributed by atoms with van der Waals surface area (Å²) in [6, 6.07) is 4.27. The monoisotopic (exact) mass is 336 g/mol. The van der Waals surface area contributed by atoms with E-state index in [1.807, 2.05) is 0 Å². The first-order chi connectivity index (χ1) is 11.4. The number of ether oxygens (including phenoxy) is 2. The summed E-state index contributed by atoms with van der Waals surface area (Å²) in [6.45, 7) is 10.0. The summed E-state index contributed by atoms with van der Waals surface area (Å²) < 4.78 is 10.6. The second-order valence-electron chi connectivity index (χ2n) is 6.58. The van der Waals surface area contributed by atoms with Crippen LogP contribution in [0.3, 0.4) is 0 Å². The normalized spacial score (nSPS) is 19.5. The Hall–Kier alpha value is -1.79. The van der Waals surface area contributed by atoms with Crippen molar-refractivity contribution in [2.75, 3.05) is 33.9 Å². The molecule has 6 heteroatoms. The summed E-state index contributed by atoms with van der Waals surface area (Å²) >= 11 is 0. The Morgan fingerprint density at radius 3 is 2.50 bits per heavy atom. The van der Waals surface area contributed by atoms with Gasteiger partial charge in [0.25, 0.3) is 0 Å². The minimum absolute atomic E-state index is 0.241. The van der Waals surface area contributed by atoms with Crippen molar-refractivity contribution in [1.29, 1.82) is 0 Å². The van der Waals surface area contributed by atoms with Gasteiger partial charge in [0.2, 0.25) is 0 Å². The highest BCUT2D eigenvalue weighted by Gasteiger charge is 2.27. The average Bonchev–Trinajstić information content (AvgIpc) is 2.54. The molecule has 0 bridgehead atoms. The van der Waals surface area contributed by atoms with Crippen molar-refractivity contribution in [2.24, 2.45) is 0 Å². The van der Waals surface area contributed by atoms with Crippen molar-refractivity contribution in [3.05, 3.63) is 23.3 Å². The summed E-state index contributed by atoms with van der Waals surface area (Å²) in [6.07, 6.45) is 0. The van der Waals surface area contributed by atoms with Gasteiger partial charge in [-0.1, -0.05) is 0 Å². The highest BCUT2D eigenvalue weighted by Crippen LogP contribution is 2.30. The van der Waals surface area contributed by atoms with Gasteiger partial charge in [-0.3, -0.25) is 9.80 Å². The quantitative estimate of drug-likeness (QED) is 0.860. The van der Waals surface area contributed by atoms with E-state index < -0.39 is 5.97 Å². The first-order valence-electron chi connectivity index (χ1n) is 8.33. The second-order valence-corrected chi connectivity index (χ2v) is 6.58. The number of carbonyl (C=O) groups is 1. The SMILES string of the molecule is COc1cc(OC)c(CN2CCN(C(C)C)C(C)C2)c(C(=O)O)c1. The number of piperazine rings is 1. The third-order valence-electron chi connectivity index (χ3n) is 4.68. The van der Waals surface area contributed by atoms with E-state index in [9.17, 15) is 9.90 Å². The molecule has 0 amide bonds. The van der Waals surface area contributed by atoms with Gasteiger partial charge in [-0.05, 0) is 26.8 Å². The molecule has 0 saturated carbocycles. The molecule has 0 spiro atoms. The van der Waals surface area contributed by atoms with E-state index in [0.717, 1.165) is 19.6 Å². The van der Waals surface area contributed by atoms with Crippen molar-refractivity contribution >= 4 is 5.97 Å². The van der Waals surface area contributed by atoms with Gasteiger partial charge in [0.1, 0.15) is 11.5 Å². The Balaban J connectivity index is 2.24. The van der Waals surface area contributed by atoms with Crippen LogP contribution >= 0.6 is 0 Å². The van der Waals surface area contributed by atoms with E-state index in [-0.39, 0.29) is 5.56 Å². The van der Waals surface area contributed by atoms with Gasteiger partial charge in [-0.2, -0.15) is 0 Å². The zero-order valence-corrected chi connectivity index (χ0v) is 15.2. The molecule has 0 radical (unpaired) electrons. The highest BCUT2D eigenvalue weighted by molar-refractivity contribution is 5.91. The van der Waals surface area contributed by atoms with Gasteiger partial charge in [0.05, 0.1) is 19.8 Å². The number of hydrogen-bond donors (Lipinski definition) is 1. The van der Waals surface area contributed by atoms with Crippen LogP contribution in [0.25, 0.3) is 0 Å². The standard InChI is InChI=1S/C18H28N2O4/c1-12(2)20-7-6-19(10-13(20)3)11-16-15(18(21)22)8-14(23-4)9-17(16)24-5/h8-9,12-13H,6-7,10-11H2,1-5H3,(H,21,22). The molecule has 6 nitrogen and oxygen atoms in total. The van der Waals surface area contributed by atoms with Gasteiger partial charge in [-0.25, -0.2) is 4.79 Å². The minimum atomic E-state index is -0.962. The summed E-state index contributed by atoms with van der Waals surface area (Å²) in [7, 11) is 3.08. The van der Waals surface area contributed by atoms with Crippen LogP contribution in [0.5, 0.6) is 11.5 Å². The molecule has 0 aliphatic carbocycles. The summed E-state index contributed by atoms with van der Waals surface area (Å²) in [4.78, 5) is 16.4. The molecule has 0 aromatic heterocycles. The molecule has 1 aromatic rings. The fourth-order valence-electron chi connectivity index (χ4n) is 3.46. The number of methoxy groups -OCH3 is 2. The molecular weight excluding hydrogens is 308 g/mol. The maximum absolute atomic E-state index is 11.7. The number of carboxylic acids is 1. The van der Waals surface area contributed by atoms with Crippen molar-refractivity contribution in [3.8, 4) is 11.5 Å². The number of rotatable bonds is 6. The predicted octanol–water partition coefficient (Wildman–Crippen LogP) is 2.32. The van der Waals surface area contributed by atoms with Crippen molar-refractivity contribution < 1.29 is 19.4 Å². The molecule has 1 aromatic carbocycles. The van der Waals surface area contributed by atoms with Gasteiger partial charge in [-0.15, -0.1) is 0 Å². The van der Waals surface area contributed by atoms with Crippen LogP contribution in [0.1, 0.15) is 36.7 Å². The Bertz CT molecular complexity index is 589. The summed E-state index contributed by atoms with van der Waals surface area (Å²) in [5.74, 6) is 0.0905. The molecule has 1 saturated heterocycles. The molecule has 1 heterocycles. The summed E-state index contributed by atoms with van der Waals surface area (Å²) in [5.41, 5.74) is 0.945. The minimum Gasteiger partial charge on any atom is -0.497 e. The Labute approximate surface area is 144 Å². The van der Waals surface area contributed by atoms with Crippen LogP contribution in [0.4, 0.5) is 0 Å². The average molecular weight is 336 g/mol. The first-order valence-corrected chi connectivity index (χ1v) is 8.33. The van der Waals surface area contributed by atoms with E-state index in [4.69, 9.17) is 9.47 Å². The van der Waals surface area contributed by atoms with Crippen LogP contribution in [-0.2, 0) is 6.54 Å². The molecule has 1 aliphatic rings. The van der Waals surface area contributed by atoms with Crippen LogP contribution in [0.2, 0.25) is 0 Å². The molecule has 1 unspecified atom stereocenters. The molecular formula is C18H28N2O4. The lowest BCUT2D eigenvalue weighted by Gasteiger charge is -2.42. The molecule has 134 valence electrons. The Morgan fingerprint density at radius 2 is 2.00 bits per heavy atom. The van der Waals surface area contributed by atoms with E-state index in [1.54, 1.807) is 19.2 Å². The number of benzene rings is 1. The zero-order valence-electron chi connectivity index (χ0n) is 15.2. The topological polar surface area (TPSA) is 62.2 Å². The molecule has 1 atom stereocenters. The largest absolute Gasteiger partial charge is 0.497 e. The van der Waals surface area contributed by atoms with E-state index in [2.05, 4.69) is 30.6 Å². The van der Waals surface area contributed by atoms with Crippen LogP contribution in [-0.4, -0.2) is 66.8 Å². The van der Waals surface area contributed by atoms with Crippen molar-refractivity contribution in [1.82, 2.24) is 9.80 Å². The van der Waals surface area contributed by atoms with E-state index in [0.29, 0.717) is 35.7 Å². The maximum Gasteiger partial charge on any atom is 0.336 e. The van der Waals surface area contributed by atoms with Gasteiger partial charge in [0.15, 0.2) is 0 Å². The lowest BCUT2D eigenvalue weighted by Crippen LogP contribution is -2.53. The molecule has 1 N–H and O–H groups in total. The molecule has 1 fully saturated rings. The summed E-state index contributed by atoms with van der Waals surface area (Å²) in [5, 5.41) is 9.56. The highest BCUT2D eigenvalue weighted by atomic mass is 16.5. The fourth-order valence-corrected chi connectivity index (χ4v) is 3.46. The lowest BCUT2D eigenvalue weighted by molar-refractivity contribution is 0.0552. The Morgan fingerprint density at radius 1 is 1.29 bits per heavy atom. The second kappa shape index (κ2) is 7.85. The van der Waals surface area contributed by atoms with Crippen molar-refractivity contribution in [3.63, 3.8) is 0 Å². The molecule has 24 heavy (non-hydrogen) atoms. The first kappa shape index (κ1) is 18.5. The number of nitrogens with zero attached hydrogens (tertiary/aromatic N) is 2. The number of aromatic carboxylic acids is 1. The van der Waals surface area contributed by atoms with E-state index in [1.165, 1.54) is 7.11 Å². The third-order valence-corrected chi connectivity index (χ3v) is 4.68. The van der Waals surface area contributed by atoms with Crippen LogP contribution in [0, 0.1) is 0 Å². The van der Waals surface area contributed by atoms with Gasteiger partial charge >= 0.3 is 5.97 Å². The third kappa shape index (κ3) is 3.99. The van der Waals surface area contributed by atoms with Gasteiger partial charge in [0, 0.05) is 49.9 Å². The maximum atomic E-state index is 11.7. The van der Waals surface area contributed by atoms with Gasteiger partial charge < -0.3 is 14.6 Å². The number of carboxylic acid groups (broad SMARTS) is 1. The smallest absolute Gasteiger partial charge is 0.336 e.